The van der Waals surface area contributed by atoms with Crippen molar-refractivity contribution in [1.29, 1.82) is 0 Å². The molecule has 0 bridgehead atoms. The van der Waals surface area contributed by atoms with Gasteiger partial charge in [0, 0.05) is 19.1 Å². The Kier molecular flexibility index (Phi) is 7.88. The van der Waals surface area contributed by atoms with Gasteiger partial charge in [-0.3, -0.25) is 9.69 Å². The van der Waals surface area contributed by atoms with Crippen molar-refractivity contribution in [3.8, 4) is 0 Å². The molecule has 1 N–H and O–H groups in total. The molecule has 3 atom stereocenters. The first-order valence-electron chi connectivity index (χ1n) is 11.7. The predicted molar refractivity (Wildman–Crippen MR) is 126 cm³/mol. The molecule has 0 saturated carbocycles. The van der Waals surface area contributed by atoms with Crippen LogP contribution in [-0.2, 0) is 28.8 Å². The van der Waals surface area contributed by atoms with E-state index in [1.807, 2.05) is 60.7 Å². The average molecular weight is 484 g/mol. The van der Waals surface area contributed by atoms with E-state index in [-0.39, 0.29) is 12.5 Å². The number of hydrogen-bond donors (Lipinski definition) is 1. The Morgan fingerprint density at radius 2 is 1.40 bits per heavy atom. The highest BCUT2D eigenvalue weighted by molar-refractivity contribution is 5.67. The van der Waals surface area contributed by atoms with Gasteiger partial charge in [-0.15, -0.1) is 0 Å². The Labute approximate surface area is 203 Å². The predicted octanol–water partition coefficient (Wildman–Crippen LogP) is 6.47. The van der Waals surface area contributed by atoms with E-state index >= 15 is 0 Å². The molecule has 35 heavy (non-hydrogen) atoms. The van der Waals surface area contributed by atoms with E-state index in [0.29, 0.717) is 31.5 Å². The molecule has 0 spiro atoms. The SMILES string of the molecule is O=C(O)C[C@@H]1CC[C@@H](N(Cc2ccccc2)Cc2ccccc2)[C@H](c2ccc(C(F)(F)F)cc2)O1. The fourth-order valence-electron chi connectivity index (χ4n) is 4.68. The zero-order valence-corrected chi connectivity index (χ0v) is 19.2. The highest BCUT2D eigenvalue weighted by Gasteiger charge is 2.37. The first kappa shape index (κ1) is 24.9. The molecule has 0 amide bonds. The molecular weight excluding hydrogens is 455 g/mol. The van der Waals surface area contributed by atoms with Gasteiger partial charge in [0.1, 0.15) is 0 Å². The van der Waals surface area contributed by atoms with Gasteiger partial charge in [-0.1, -0.05) is 72.8 Å². The molecule has 1 heterocycles. The van der Waals surface area contributed by atoms with Gasteiger partial charge < -0.3 is 9.84 Å². The van der Waals surface area contributed by atoms with Crippen molar-refractivity contribution in [3.63, 3.8) is 0 Å². The Morgan fingerprint density at radius 3 is 1.89 bits per heavy atom. The zero-order chi connectivity index (χ0) is 24.8. The van der Waals surface area contributed by atoms with Crippen LogP contribution in [0.3, 0.4) is 0 Å². The summed E-state index contributed by atoms with van der Waals surface area (Å²) in [6.45, 7) is 1.26. The third kappa shape index (κ3) is 6.71. The molecule has 0 aliphatic carbocycles. The average Bonchev–Trinajstić information content (AvgIpc) is 2.84. The Hall–Kier alpha value is -3.16. The lowest BCUT2D eigenvalue weighted by molar-refractivity contribution is -0.148. The van der Waals surface area contributed by atoms with Gasteiger partial charge in [-0.2, -0.15) is 13.2 Å². The molecular formula is C28H28F3NO3. The van der Waals surface area contributed by atoms with Crippen LogP contribution >= 0.6 is 0 Å². The number of nitrogens with zero attached hydrogens (tertiary/aromatic N) is 1. The number of rotatable bonds is 8. The molecule has 3 aromatic carbocycles. The third-order valence-corrected chi connectivity index (χ3v) is 6.37. The highest BCUT2D eigenvalue weighted by atomic mass is 19.4. The molecule has 184 valence electrons. The maximum Gasteiger partial charge on any atom is 0.416 e. The van der Waals surface area contributed by atoms with Crippen LogP contribution in [0.1, 0.15) is 47.6 Å². The number of aliphatic carboxylic acids is 1. The second kappa shape index (κ2) is 11.1. The van der Waals surface area contributed by atoms with Gasteiger partial charge in [-0.25, -0.2) is 0 Å². The van der Waals surface area contributed by atoms with Crippen molar-refractivity contribution in [2.75, 3.05) is 0 Å². The molecule has 1 aliphatic rings. The lowest BCUT2D eigenvalue weighted by atomic mass is 9.90. The second-order valence-corrected chi connectivity index (χ2v) is 8.92. The number of halogens is 3. The van der Waals surface area contributed by atoms with E-state index in [4.69, 9.17) is 4.74 Å². The summed E-state index contributed by atoms with van der Waals surface area (Å²) in [6, 6.07) is 24.9. The topological polar surface area (TPSA) is 49.8 Å². The maximum absolute atomic E-state index is 13.2. The summed E-state index contributed by atoms with van der Waals surface area (Å²) < 4.78 is 45.7. The summed E-state index contributed by atoms with van der Waals surface area (Å²) in [7, 11) is 0. The summed E-state index contributed by atoms with van der Waals surface area (Å²) in [6.07, 6.45) is -4.38. The Morgan fingerprint density at radius 1 is 0.857 bits per heavy atom. The Balaban J connectivity index is 1.67. The van der Waals surface area contributed by atoms with Crippen LogP contribution in [0.4, 0.5) is 13.2 Å². The number of carbonyl (C=O) groups is 1. The summed E-state index contributed by atoms with van der Waals surface area (Å²) >= 11 is 0. The molecule has 7 heteroatoms. The minimum Gasteiger partial charge on any atom is -0.481 e. The van der Waals surface area contributed by atoms with Crippen LogP contribution in [0.25, 0.3) is 0 Å². The van der Waals surface area contributed by atoms with Gasteiger partial charge in [0.2, 0.25) is 0 Å². The standard InChI is InChI=1S/C28H28F3NO3/c29-28(30,31)23-13-11-22(12-14-23)27-25(16-15-24(35-27)17-26(33)34)32(18-20-7-3-1-4-8-20)19-21-9-5-2-6-10-21/h1-14,24-25,27H,15-19H2,(H,33,34)/t24-,25+,27-/m0/s1. The molecule has 0 unspecified atom stereocenters. The van der Waals surface area contributed by atoms with Gasteiger partial charge in [-0.05, 0) is 41.7 Å². The van der Waals surface area contributed by atoms with Crippen LogP contribution < -0.4 is 0 Å². The summed E-state index contributed by atoms with van der Waals surface area (Å²) in [5.74, 6) is -0.954. The number of ether oxygens (including phenoxy) is 1. The molecule has 1 aliphatic heterocycles. The lowest BCUT2D eigenvalue weighted by Gasteiger charge is -2.43. The molecule has 0 radical (unpaired) electrons. The smallest absolute Gasteiger partial charge is 0.416 e. The van der Waals surface area contributed by atoms with Crippen molar-refractivity contribution >= 4 is 5.97 Å². The van der Waals surface area contributed by atoms with Crippen molar-refractivity contribution in [2.24, 2.45) is 0 Å². The minimum absolute atomic E-state index is 0.138. The van der Waals surface area contributed by atoms with Crippen LogP contribution in [0.2, 0.25) is 0 Å². The molecule has 4 rings (SSSR count). The van der Waals surface area contributed by atoms with E-state index in [1.165, 1.54) is 12.1 Å². The maximum atomic E-state index is 13.2. The fourth-order valence-corrected chi connectivity index (χ4v) is 4.68. The largest absolute Gasteiger partial charge is 0.481 e. The van der Waals surface area contributed by atoms with Crippen LogP contribution in [0, 0.1) is 0 Å². The van der Waals surface area contributed by atoms with Gasteiger partial charge >= 0.3 is 12.1 Å². The quantitative estimate of drug-likeness (QED) is 0.399. The fraction of sp³-hybridized carbons (Fsp3) is 0.321. The van der Waals surface area contributed by atoms with E-state index in [1.54, 1.807) is 0 Å². The van der Waals surface area contributed by atoms with Crippen molar-refractivity contribution in [2.45, 2.75) is 56.8 Å². The second-order valence-electron chi connectivity index (χ2n) is 8.92. The van der Waals surface area contributed by atoms with Gasteiger partial charge in [0.25, 0.3) is 0 Å². The van der Waals surface area contributed by atoms with E-state index in [0.717, 1.165) is 23.3 Å². The number of benzene rings is 3. The highest BCUT2D eigenvalue weighted by Crippen LogP contribution is 2.38. The normalized spacial score (nSPS) is 20.6. The van der Waals surface area contributed by atoms with E-state index in [9.17, 15) is 23.1 Å². The molecule has 1 saturated heterocycles. The first-order valence-corrected chi connectivity index (χ1v) is 11.7. The van der Waals surface area contributed by atoms with E-state index in [2.05, 4.69) is 4.90 Å². The molecule has 1 fully saturated rings. The zero-order valence-electron chi connectivity index (χ0n) is 19.2. The first-order chi connectivity index (χ1) is 16.8. The van der Waals surface area contributed by atoms with Crippen molar-refractivity contribution in [1.82, 2.24) is 4.90 Å². The lowest BCUT2D eigenvalue weighted by Crippen LogP contribution is -2.45. The van der Waals surface area contributed by atoms with Crippen LogP contribution in [-0.4, -0.2) is 28.1 Å². The number of carboxylic acids is 1. The Bertz CT molecular complexity index is 1050. The van der Waals surface area contributed by atoms with Crippen molar-refractivity contribution < 1.29 is 27.8 Å². The summed E-state index contributed by atoms with van der Waals surface area (Å²) in [5, 5.41) is 9.30. The molecule has 3 aromatic rings. The van der Waals surface area contributed by atoms with Crippen LogP contribution in [0.15, 0.2) is 84.9 Å². The third-order valence-electron chi connectivity index (χ3n) is 6.37. The number of carboxylic acid groups (broad SMARTS) is 1. The molecule has 0 aromatic heterocycles. The van der Waals surface area contributed by atoms with Gasteiger partial charge in [0.05, 0.1) is 24.2 Å². The monoisotopic (exact) mass is 483 g/mol. The number of alkyl halides is 3. The van der Waals surface area contributed by atoms with Crippen LogP contribution in [0.5, 0.6) is 0 Å². The molecule has 4 nitrogen and oxygen atoms in total. The van der Waals surface area contributed by atoms with E-state index < -0.39 is 29.9 Å². The summed E-state index contributed by atoms with van der Waals surface area (Å²) in [4.78, 5) is 13.6. The summed E-state index contributed by atoms with van der Waals surface area (Å²) in [5.41, 5.74) is 2.12. The number of hydrogen-bond acceptors (Lipinski definition) is 3. The van der Waals surface area contributed by atoms with Gasteiger partial charge in [0.15, 0.2) is 0 Å². The van der Waals surface area contributed by atoms with Crippen molar-refractivity contribution in [3.05, 3.63) is 107 Å². The minimum atomic E-state index is -4.43.